The van der Waals surface area contributed by atoms with Gasteiger partial charge in [0.25, 0.3) is 5.91 Å². The van der Waals surface area contributed by atoms with Crippen LogP contribution in [0.5, 0.6) is 0 Å². The van der Waals surface area contributed by atoms with Crippen molar-refractivity contribution < 1.29 is 14.7 Å². The minimum atomic E-state index is -0.981. The summed E-state index contributed by atoms with van der Waals surface area (Å²) in [6.45, 7) is 5.01. The minimum absolute atomic E-state index is 0.205. The molecule has 6 nitrogen and oxygen atoms in total. The number of hydrogen-bond donors (Lipinski definition) is 1. The molecule has 1 fully saturated rings. The molecule has 1 aliphatic rings. The summed E-state index contributed by atoms with van der Waals surface area (Å²) in [6.07, 6.45) is 5.48. The van der Waals surface area contributed by atoms with Gasteiger partial charge >= 0.3 is 5.97 Å². The molecule has 0 bridgehead atoms. The highest BCUT2D eigenvalue weighted by molar-refractivity contribution is 5.97. The van der Waals surface area contributed by atoms with Crippen LogP contribution in [-0.4, -0.2) is 44.8 Å². The lowest BCUT2D eigenvalue weighted by Crippen LogP contribution is -2.36. The van der Waals surface area contributed by atoms with Crippen molar-refractivity contribution >= 4 is 11.9 Å². The van der Waals surface area contributed by atoms with Crippen LogP contribution in [0.3, 0.4) is 0 Å². The fourth-order valence-corrected chi connectivity index (χ4v) is 2.59. The van der Waals surface area contributed by atoms with Gasteiger partial charge in [0.2, 0.25) is 0 Å². The van der Waals surface area contributed by atoms with Gasteiger partial charge in [-0.2, -0.15) is 5.10 Å². The standard InChI is InChI=1S/C15H23N3O3/c1-3-7-17(10-13(19)20)15(21)12-9-16-18(8-4-2)14(12)11-5-6-11/h9,11H,3-8,10H2,1-2H3,(H,19,20). The number of carboxylic acids is 1. The average Bonchev–Trinajstić information content (AvgIpc) is 3.19. The Hall–Kier alpha value is -1.85. The zero-order chi connectivity index (χ0) is 15.4. The Kier molecular flexibility index (Phi) is 4.98. The van der Waals surface area contributed by atoms with Crippen LogP contribution in [0.4, 0.5) is 0 Å². The molecule has 21 heavy (non-hydrogen) atoms. The van der Waals surface area contributed by atoms with Crippen LogP contribution in [-0.2, 0) is 11.3 Å². The third kappa shape index (κ3) is 3.62. The molecule has 0 aliphatic heterocycles. The molecule has 0 saturated heterocycles. The van der Waals surface area contributed by atoms with Crippen LogP contribution >= 0.6 is 0 Å². The topological polar surface area (TPSA) is 75.4 Å². The Morgan fingerprint density at radius 1 is 1.38 bits per heavy atom. The Morgan fingerprint density at radius 2 is 2.10 bits per heavy atom. The van der Waals surface area contributed by atoms with Gasteiger partial charge in [-0.3, -0.25) is 14.3 Å². The predicted octanol–water partition coefficient (Wildman–Crippen LogP) is 2.11. The van der Waals surface area contributed by atoms with Crippen LogP contribution in [0.2, 0.25) is 0 Å². The van der Waals surface area contributed by atoms with E-state index in [9.17, 15) is 9.59 Å². The second-order valence-electron chi connectivity index (χ2n) is 5.56. The number of nitrogens with zero attached hydrogens (tertiary/aromatic N) is 3. The first kappa shape index (κ1) is 15.5. The molecule has 1 aromatic heterocycles. The number of aliphatic carboxylic acids is 1. The number of aryl methyl sites for hydroxylation is 1. The summed E-state index contributed by atoms with van der Waals surface area (Å²) in [5, 5.41) is 13.3. The number of rotatable bonds is 8. The Labute approximate surface area is 124 Å². The van der Waals surface area contributed by atoms with Crippen molar-refractivity contribution in [1.82, 2.24) is 14.7 Å². The van der Waals surface area contributed by atoms with E-state index in [1.165, 1.54) is 4.90 Å². The van der Waals surface area contributed by atoms with Crippen molar-refractivity contribution in [2.75, 3.05) is 13.1 Å². The van der Waals surface area contributed by atoms with E-state index in [-0.39, 0.29) is 12.5 Å². The third-order valence-electron chi connectivity index (χ3n) is 3.62. The van der Waals surface area contributed by atoms with Gasteiger partial charge in [0.05, 0.1) is 17.5 Å². The molecule has 1 saturated carbocycles. The van der Waals surface area contributed by atoms with Crippen molar-refractivity contribution in [3.05, 3.63) is 17.5 Å². The van der Waals surface area contributed by atoms with Crippen molar-refractivity contribution in [1.29, 1.82) is 0 Å². The molecule has 116 valence electrons. The van der Waals surface area contributed by atoms with Gasteiger partial charge in [-0.25, -0.2) is 0 Å². The lowest BCUT2D eigenvalue weighted by molar-refractivity contribution is -0.137. The fourth-order valence-electron chi connectivity index (χ4n) is 2.59. The van der Waals surface area contributed by atoms with Crippen molar-refractivity contribution in [2.24, 2.45) is 0 Å². The third-order valence-corrected chi connectivity index (χ3v) is 3.62. The smallest absolute Gasteiger partial charge is 0.323 e. The van der Waals surface area contributed by atoms with Gasteiger partial charge in [-0.05, 0) is 25.7 Å². The highest BCUT2D eigenvalue weighted by Gasteiger charge is 2.33. The number of carboxylic acid groups (broad SMARTS) is 1. The highest BCUT2D eigenvalue weighted by Crippen LogP contribution is 2.42. The van der Waals surface area contributed by atoms with E-state index in [4.69, 9.17) is 5.11 Å². The first-order chi connectivity index (χ1) is 10.1. The molecule has 1 N–H and O–H groups in total. The summed E-state index contributed by atoms with van der Waals surface area (Å²) in [6, 6.07) is 0. The number of amides is 1. The quantitative estimate of drug-likeness (QED) is 0.796. The summed E-state index contributed by atoms with van der Waals surface area (Å²) in [5.41, 5.74) is 1.58. The van der Waals surface area contributed by atoms with Crippen molar-refractivity contribution in [3.8, 4) is 0 Å². The van der Waals surface area contributed by atoms with Gasteiger partial charge in [0, 0.05) is 19.0 Å². The fraction of sp³-hybridized carbons (Fsp3) is 0.667. The first-order valence-corrected chi connectivity index (χ1v) is 7.65. The van der Waals surface area contributed by atoms with Crippen LogP contribution in [0.25, 0.3) is 0 Å². The Bertz CT molecular complexity index is 520. The SMILES string of the molecule is CCCN(CC(=O)O)C(=O)c1cnn(CCC)c1C1CC1. The van der Waals surface area contributed by atoms with E-state index in [1.54, 1.807) is 6.20 Å². The normalized spacial score (nSPS) is 14.2. The number of carbonyl (C=O) groups is 2. The molecule has 0 atom stereocenters. The summed E-state index contributed by atoms with van der Waals surface area (Å²) in [5.74, 6) is -0.777. The van der Waals surface area contributed by atoms with Gasteiger partial charge in [0.15, 0.2) is 0 Å². The van der Waals surface area contributed by atoms with E-state index in [1.807, 2.05) is 11.6 Å². The monoisotopic (exact) mass is 293 g/mol. The largest absolute Gasteiger partial charge is 0.480 e. The lowest BCUT2D eigenvalue weighted by Gasteiger charge is -2.20. The van der Waals surface area contributed by atoms with Crippen molar-refractivity contribution in [2.45, 2.75) is 52.0 Å². The van der Waals surface area contributed by atoms with E-state index >= 15 is 0 Å². The van der Waals surface area contributed by atoms with E-state index in [2.05, 4.69) is 12.0 Å². The summed E-state index contributed by atoms with van der Waals surface area (Å²) in [7, 11) is 0. The van der Waals surface area contributed by atoms with Gasteiger partial charge in [-0.1, -0.05) is 13.8 Å². The van der Waals surface area contributed by atoms with Crippen LogP contribution in [0, 0.1) is 0 Å². The Morgan fingerprint density at radius 3 is 2.62 bits per heavy atom. The van der Waals surface area contributed by atoms with Gasteiger partial charge < -0.3 is 10.0 Å². The predicted molar refractivity (Wildman–Crippen MR) is 78.3 cm³/mol. The molecule has 6 heteroatoms. The van der Waals surface area contributed by atoms with Crippen LogP contribution in [0.1, 0.15) is 61.5 Å². The Balaban J connectivity index is 2.26. The molecule has 1 aliphatic carbocycles. The number of aromatic nitrogens is 2. The molecule has 0 aromatic carbocycles. The van der Waals surface area contributed by atoms with E-state index < -0.39 is 5.97 Å². The van der Waals surface area contributed by atoms with Gasteiger partial charge in [-0.15, -0.1) is 0 Å². The van der Waals surface area contributed by atoms with Crippen LogP contribution in [0.15, 0.2) is 6.20 Å². The molecule has 0 radical (unpaired) electrons. The maximum absolute atomic E-state index is 12.7. The average molecular weight is 293 g/mol. The van der Waals surface area contributed by atoms with E-state index in [0.29, 0.717) is 18.0 Å². The highest BCUT2D eigenvalue weighted by atomic mass is 16.4. The summed E-state index contributed by atoms with van der Waals surface area (Å²) >= 11 is 0. The van der Waals surface area contributed by atoms with Crippen molar-refractivity contribution in [3.63, 3.8) is 0 Å². The first-order valence-electron chi connectivity index (χ1n) is 7.65. The maximum atomic E-state index is 12.7. The van der Waals surface area contributed by atoms with E-state index in [0.717, 1.165) is 37.9 Å². The zero-order valence-electron chi connectivity index (χ0n) is 12.7. The second kappa shape index (κ2) is 6.74. The molecule has 0 spiro atoms. The molecular weight excluding hydrogens is 270 g/mol. The molecule has 1 heterocycles. The molecule has 2 rings (SSSR count). The molecule has 0 unspecified atom stereocenters. The summed E-state index contributed by atoms with van der Waals surface area (Å²) in [4.78, 5) is 25.0. The second-order valence-corrected chi connectivity index (χ2v) is 5.56. The molecule has 1 aromatic rings. The summed E-state index contributed by atoms with van der Waals surface area (Å²) < 4.78 is 1.91. The maximum Gasteiger partial charge on any atom is 0.323 e. The molecular formula is C15H23N3O3. The van der Waals surface area contributed by atoms with Gasteiger partial charge in [0.1, 0.15) is 6.54 Å². The number of carbonyl (C=O) groups excluding carboxylic acids is 1. The zero-order valence-corrected chi connectivity index (χ0v) is 12.7. The lowest BCUT2D eigenvalue weighted by atomic mass is 10.1. The minimum Gasteiger partial charge on any atom is -0.480 e. The molecule has 1 amide bonds. The van der Waals surface area contributed by atoms with Crippen LogP contribution < -0.4 is 0 Å². The number of hydrogen-bond acceptors (Lipinski definition) is 3.